The summed E-state index contributed by atoms with van der Waals surface area (Å²) in [6.45, 7) is 0. The molecule has 104 valence electrons. The molecule has 0 aromatic heterocycles. The van der Waals surface area contributed by atoms with Gasteiger partial charge in [-0.05, 0) is 50.1 Å². The van der Waals surface area contributed by atoms with Crippen molar-refractivity contribution in [2.24, 2.45) is 5.73 Å². The van der Waals surface area contributed by atoms with Crippen LogP contribution in [0.3, 0.4) is 0 Å². The van der Waals surface area contributed by atoms with E-state index in [1.165, 1.54) is 0 Å². The fourth-order valence-electron chi connectivity index (χ4n) is 2.29. The van der Waals surface area contributed by atoms with E-state index >= 15 is 0 Å². The molecule has 0 amide bonds. The molecule has 1 saturated carbocycles. The van der Waals surface area contributed by atoms with Gasteiger partial charge in [0, 0.05) is 10.9 Å². The van der Waals surface area contributed by atoms with Crippen molar-refractivity contribution in [2.75, 3.05) is 6.26 Å². The van der Waals surface area contributed by atoms with Crippen molar-refractivity contribution in [3.63, 3.8) is 0 Å². The molecule has 0 bridgehead atoms. The molecule has 0 heterocycles. The molecule has 5 heteroatoms. The van der Waals surface area contributed by atoms with Gasteiger partial charge in [0.25, 0.3) is 0 Å². The highest BCUT2D eigenvalue weighted by Crippen LogP contribution is 2.29. The predicted octanol–water partition coefficient (Wildman–Crippen LogP) is 2.76. The van der Waals surface area contributed by atoms with Gasteiger partial charge in [0.05, 0.1) is 6.10 Å². The number of nitrogens with two attached hydrogens (primary N) is 1. The number of hydrogen-bond donors (Lipinski definition) is 2. The number of ether oxygens (including phenoxy) is 1. The second-order valence-electron chi connectivity index (χ2n) is 4.82. The number of rotatable bonds is 4. The quantitative estimate of drug-likeness (QED) is 0.830. The first kappa shape index (κ1) is 14.2. The van der Waals surface area contributed by atoms with Crippen LogP contribution in [0.1, 0.15) is 36.0 Å². The lowest BCUT2D eigenvalue weighted by molar-refractivity contribution is 0.0685. The molecular weight excluding hydrogens is 262 g/mol. The van der Waals surface area contributed by atoms with Crippen LogP contribution in [0.5, 0.6) is 5.75 Å². The molecular formula is C14H19NO3S. The summed E-state index contributed by atoms with van der Waals surface area (Å²) < 4.78 is 5.89. The van der Waals surface area contributed by atoms with Crippen LogP contribution in [0.25, 0.3) is 0 Å². The second-order valence-corrected chi connectivity index (χ2v) is 5.70. The summed E-state index contributed by atoms with van der Waals surface area (Å²) >= 11 is 1.57. The minimum atomic E-state index is -0.949. The molecule has 1 aliphatic rings. The van der Waals surface area contributed by atoms with E-state index in [9.17, 15) is 9.90 Å². The fourth-order valence-corrected chi connectivity index (χ4v) is 2.72. The molecule has 2 rings (SSSR count). The van der Waals surface area contributed by atoms with Crippen molar-refractivity contribution in [3.8, 4) is 5.75 Å². The lowest BCUT2D eigenvalue weighted by Gasteiger charge is -2.27. The van der Waals surface area contributed by atoms with E-state index < -0.39 is 5.97 Å². The van der Waals surface area contributed by atoms with Gasteiger partial charge < -0.3 is 15.6 Å². The molecule has 0 unspecified atom stereocenters. The van der Waals surface area contributed by atoms with Crippen LogP contribution in [0, 0.1) is 0 Å². The Kier molecular flexibility index (Phi) is 4.71. The van der Waals surface area contributed by atoms with E-state index in [0.29, 0.717) is 5.75 Å². The molecule has 0 spiro atoms. The van der Waals surface area contributed by atoms with E-state index in [0.717, 1.165) is 30.6 Å². The number of carboxylic acids is 1. The third kappa shape index (κ3) is 3.64. The first-order valence-corrected chi connectivity index (χ1v) is 7.66. The highest BCUT2D eigenvalue weighted by atomic mass is 32.2. The Labute approximate surface area is 117 Å². The van der Waals surface area contributed by atoms with Gasteiger partial charge in [-0.3, -0.25) is 0 Å². The normalized spacial score (nSPS) is 23.1. The Bertz CT molecular complexity index is 456. The molecule has 0 saturated heterocycles. The Balaban J connectivity index is 2.15. The first-order chi connectivity index (χ1) is 9.10. The second kappa shape index (κ2) is 6.30. The molecule has 1 fully saturated rings. The molecule has 19 heavy (non-hydrogen) atoms. The van der Waals surface area contributed by atoms with Crippen molar-refractivity contribution in [1.82, 2.24) is 0 Å². The van der Waals surface area contributed by atoms with Crippen molar-refractivity contribution < 1.29 is 14.6 Å². The Morgan fingerprint density at radius 1 is 1.37 bits per heavy atom. The van der Waals surface area contributed by atoms with Gasteiger partial charge in [0.2, 0.25) is 0 Å². The third-order valence-corrected chi connectivity index (χ3v) is 4.16. The molecule has 0 atom stereocenters. The third-order valence-electron chi connectivity index (χ3n) is 3.43. The number of aromatic carboxylic acids is 1. The van der Waals surface area contributed by atoms with Crippen molar-refractivity contribution in [3.05, 3.63) is 23.8 Å². The zero-order valence-corrected chi connectivity index (χ0v) is 11.8. The SMILES string of the molecule is CSc1ccc(C(=O)O)c(O[C@H]2CC[C@@H](N)CC2)c1. The van der Waals surface area contributed by atoms with Gasteiger partial charge >= 0.3 is 5.97 Å². The van der Waals surface area contributed by atoms with Gasteiger partial charge in [-0.15, -0.1) is 11.8 Å². The number of carboxylic acid groups (broad SMARTS) is 1. The summed E-state index contributed by atoms with van der Waals surface area (Å²) in [6.07, 6.45) is 5.70. The summed E-state index contributed by atoms with van der Waals surface area (Å²) in [6, 6.07) is 5.48. The molecule has 0 radical (unpaired) electrons. The number of carbonyl (C=O) groups is 1. The average Bonchev–Trinajstić information content (AvgIpc) is 2.41. The number of thioether (sulfide) groups is 1. The van der Waals surface area contributed by atoms with Gasteiger partial charge in [-0.2, -0.15) is 0 Å². The lowest BCUT2D eigenvalue weighted by atomic mass is 9.93. The van der Waals surface area contributed by atoms with Crippen LogP contribution in [0.2, 0.25) is 0 Å². The molecule has 1 aromatic rings. The fraction of sp³-hybridized carbons (Fsp3) is 0.500. The van der Waals surface area contributed by atoms with E-state index in [1.807, 2.05) is 12.3 Å². The minimum absolute atomic E-state index is 0.0787. The maximum absolute atomic E-state index is 11.2. The highest BCUT2D eigenvalue weighted by molar-refractivity contribution is 7.98. The van der Waals surface area contributed by atoms with E-state index in [-0.39, 0.29) is 17.7 Å². The maximum atomic E-state index is 11.2. The molecule has 1 aromatic carbocycles. The van der Waals surface area contributed by atoms with Gasteiger partial charge in [-0.1, -0.05) is 0 Å². The summed E-state index contributed by atoms with van der Waals surface area (Å²) in [5.74, 6) is -0.477. The Morgan fingerprint density at radius 3 is 2.63 bits per heavy atom. The van der Waals surface area contributed by atoms with Gasteiger partial charge in [0.1, 0.15) is 11.3 Å². The number of benzene rings is 1. The predicted molar refractivity (Wildman–Crippen MR) is 76.0 cm³/mol. The van der Waals surface area contributed by atoms with Crippen molar-refractivity contribution in [1.29, 1.82) is 0 Å². The first-order valence-electron chi connectivity index (χ1n) is 6.43. The standard InChI is InChI=1S/C14H19NO3S/c1-19-11-6-7-12(14(16)17)13(8-11)18-10-4-2-9(15)3-5-10/h6-10H,2-5,15H2,1H3,(H,16,17)/t9-,10+. The van der Waals surface area contributed by atoms with E-state index in [4.69, 9.17) is 10.5 Å². The average molecular weight is 281 g/mol. The monoisotopic (exact) mass is 281 g/mol. The highest BCUT2D eigenvalue weighted by Gasteiger charge is 2.22. The maximum Gasteiger partial charge on any atom is 0.339 e. The Hall–Kier alpha value is -1.20. The van der Waals surface area contributed by atoms with Crippen LogP contribution in [0.4, 0.5) is 0 Å². The summed E-state index contributed by atoms with van der Waals surface area (Å²) in [5, 5.41) is 9.19. The Morgan fingerprint density at radius 2 is 2.05 bits per heavy atom. The van der Waals surface area contributed by atoms with Crippen LogP contribution in [0.15, 0.2) is 23.1 Å². The zero-order chi connectivity index (χ0) is 13.8. The topological polar surface area (TPSA) is 72.5 Å². The molecule has 1 aliphatic carbocycles. The zero-order valence-electron chi connectivity index (χ0n) is 11.0. The minimum Gasteiger partial charge on any atom is -0.489 e. The smallest absolute Gasteiger partial charge is 0.339 e. The number of hydrogen-bond acceptors (Lipinski definition) is 4. The summed E-state index contributed by atoms with van der Waals surface area (Å²) in [5.41, 5.74) is 6.09. The summed E-state index contributed by atoms with van der Waals surface area (Å²) in [7, 11) is 0. The van der Waals surface area contributed by atoms with Crippen LogP contribution in [-0.2, 0) is 0 Å². The van der Waals surface area contributed by atoms with Crippen LogP contribution >= 0.6 is 11.8 Å². The largest absolute Gasteiger partial charge is 0.489 e. The molecule has 0 aliphatic heterocycles. The molecule has 3 N–H and O–H groups in total. The van der Waals surface area contributed by atoms with E-state index in [2.05, 4.69) is 0 Å². The van der Waals surface area contributed by atoms with Gasteiger partial charge in [-0.25, -0.2) is 4.79 Å². The molecule has 4 nitrogen and oxygen atoms in total. The lowest BCUT2D eigenvalue weighted by Crippen LogP contribution is -2.32. The van der Waals surface area contributed by atoms with Crippen molar-refractivity contribution >= 4 is 17.7 Å². The summed E-state index contributed by atoms with van der Waals surface area (Å²) in [4.78, 5) is 12.2. The van der Waals surface area contributed by atoms with Gasteiger partial charge in [0.15, 0.2) is 0 Å². The van der Waals surface area contributed by atoms with Crippen molar-refractivity contribution in [2.45, 2.75) is 42.7 Å². The van der Waals surface area contributed by atoms with Crippen LogP contribution < -0.4 is 10.5 Å². The van der Waals surface area contributed by atoms with Crippen LogP contribution in [-0.4, -0.2) is 29.5 Å². The van der Waals surface area contributed by atoms with E-state index in [1.54, 1.807) is 23.9 Å².